The quantitative estimate of drug-likeness (QED) is 0.841. The van der Waals surface area contributed by atoms with Crippen molar-refractivity contribution in [3.05, 3.63) is 65.7 Å². The topological polar surface area (TPSA) is 58.6 Å². The minimum absolute atomic E-state index is 0.0832. The van der Waals surface area contributed by atoms with E-state index in [4.69, 9.17) is 4.74 Å². The van der Waals surface area contributed by atoms with Gasteiger partial charge in [0, 0.05) is 18.7 Å². The summed E-state index contributed by atoms with van der Waals surface area (Å²) in [6.45, 7) is 2.88. The molecule has 5 nitrogen and oxygen atoms in total. The van der Waals surface area contributed by atoms with Crippen molar-refractivity contribution < 1.29 is 14.3 Å². The van der Waals surface area contributed by atoms with E-state index in [9.17, 15) is 9.59 Å². The van der Waals surface area contributed by atoms with Crippen LogP contribution in [0.3, 0.4) is 0 Å². The van der Waals surface area contributed by atoms with Gasteiger partial charge in [-0.3, -0.25) is 9.59 Å². The number of ether oxygens (including phenoxy) is 1. The average Bonchev–Trinajstić information content (AvgIpc) is 3.53. The van der Waals surface area contributed by atoms with Crippen LogP contribution < -0.4 is 10.1 Å². The van der Waals surface area contributed by atoms with Crippen molar-refractivity contribution in [2.24, 2.45) is 0 Å². The Balaban J connectivity index is 1.46. The van der Waals surface area contributed by atoms with Gasteiger partial charge < -0.3 is 15.0 Å². The second-order valence-corrected chi connectivity index (χ2v) is 7.92. The van der Waals surface area contributed by atoms with Crippen LogP contribution in [0.15, 0.2) is 54.6 Å². The number of likely N-dealkylation sites (tertiary alicyclic amines) is 1. The van der Waals surface area contributed by atoms with Gasteiger partial charge in [-0.25, -0.2) is 0 Å². The Hall–Kier alpha value is -2.82. The van der Waals surface area contributed by atoms with E-state index < -0.39 is 11.0 Å². The minimum Gasteiger partial charge on any atom is -0.496 e. The Morgan fingerprint density at radius 3 is 2.32 bits per heavy atom. The molecule has 1 aliphatic carbocycles. The number of nitrogens with one attached hydrogen (secondary N) is 1. The maximum Gasteiger partial charge on any atom is 0.246 e. The fourth-order valence-electron chi connectivity index (χ4n) is 4.10. The molecule has 2 fully saturated rings. The molecule has 2 aliphatic rings. The molecule has 0 bridgehead atoms. The molecule has 1 saturated carbocycles. The van der Waals surface area contributed by atoms with E-state index in [1.54, 1.807) is 12.0 Å². The Kier molecular flexibility index (Phi) is 4.61. The van der Waals surface area contributed by atoms with Gasteiger partial charge in [-0.15, -0.1) is 0 Å². The molecule has 1 atom stereocenters. The lowest BCUT2D eigenvalue weighted by atomic mass is 9.82. The van der Waals surface area contributed by atoms with Gasteiger partial charge in [0.2, 0.25) is 11.8 Å². The molecule has 5 heteroatoms. The van der Waals surface area contributed by atoms with Crippen LogP contribution >= 0.6 is 0 Å². The summed E-state index contributed by atoms with van der Waals surface area (Å²) in [5, 5.41) is 3.00. The van der Waals surface area contributed by atoms with E-state index in [-0.39, 0.29) is 11.8 Å². The lowest BCUT2D eigenvalue weighted by Crippen LogP contribution is -2.68. The number of rotatable bonds is 6. The van der Waals surface area contributed by atoms with Gasteiger partial charge in [0.15, 0.2) is 0 Å². The standard InChI is InChI=1S/C23H26N2O3/c1-22(20(26)24-16-17-8-6-7-11-19(17)28-2)14-15-25(22)21(27)23(12-13-23)18-9-4-3-5-10-18/h3-11H,12-16H2,1-2H3,(H,24,26). The van der Waals surface area contributed by atoms with Gasteiger partial charge in [-0.1, -0.05) is 48.5 Å². The third kappa shape index (κ3) is 2.95. The highest BCUT2D eigenvalue weighted by Crippen LogP contribution is 2.51. The molecular formula is C23H26N2O3. The first-order valence-electron chi connectivity index (χ1n) is 9.79. The van der Waals surface area contributed by atoms with E-state index in [0.717, 1.165) is 29.7 Å². The molecule has 2 aromatic rings. The Bertz CT molecular complexity index is 892. The molecule has 1 aliphatic heterocycles. The van der Waals surface area contributed by atoms with Crippen LogP contribution in [0.4, 0.5) is 0 Å². The van der Waals surface area contributed by atoms with Crippen LogP contribution in [0.1, 0.15) is 37.3 Å². The summed E-state index contributed by atoms with van der Waals surface area (Å²) >= 11 is 0. The predicted molar refractivity (Wildman–Crippen MR) is 107 cm³/mol. The first kappa shape index (κ1) is 18.5. The third-order valence-corrected chi connectivity index (χ3v) is 6.27. The number of hydrogen-bond acceptors (Lipinski definition) is 3. The molecule has 1 unspecified atom stereocenters. The number of carbonyl (C=O) groups excluding carboxylic acids is 2. The number of carbonyl (C=O) groups is 2. The summed E-state index contributed by atoms with van der Waals surface area (Å²) < 4.78 is 5.35. The fraction of sp³-hybridized carbons (Fsp3) is 0.391. The van der Waals surface area contributed by atoms with E-state index >= 15 is 0 Å². The van der Waals surface area contributed by atoms with Crippen LogP contribution in [0, 0.1) is 0 Å². The zero-order valence-corrected chi connectivity index (χ0v) is 16.4. The molecule has 0 aromatic heterocycles. The van der Waals surface area contributed by atoms with Crippen LogP contribution in [0.25, 0.3) is 0 Å². The zero-order valence-electron chi connectivity index (χ0n) is 16.4. The SMILES string of the molecule is COc1ccccc1CNC(=O)C1(C)CCN1C(=O)C1(c2ccccc2)CC1. The van der Waals surface area contributed by atoms with Crippen LogP contribution in [0.2, 0.25) is 0 Å². The first-order chi connectivity index (χ1) is 13.5. The van der Waals surface area contributed by atoms with Crippen molar-refractivity contribution in [2.45, 2.75) is 43.7 Å². The highest BCUT2D eigenvalue weighted by atomic mass is 16.5. The summed E-state index contributed by atoms with van der Waals surface area (Å²) in [7, 11) is 1.62. The molecule has 1 saturated heterocycles. The summed E-state index contributed by atoms with van der Waals surface area (Å²) in [6.07, 6.45) is 2.39. The molecule has 0 spiro atoms. The van der Waals surface area contributed by atoms with E-state index in [0.29, 0.717) is 19.5 Å². The summed E-state index contributed by atoms with van der Waals surface area (Å²) in [6, 6.07) is 17.6. The number of nitrogens with zero attached hydrogens (tertiary/aromatic N) is 1. The van der Waals surface area contributed by atoms with Crippen LogP contribution in [-0.4, -0.2) is 35.9 Å². The first-order valence-corrected chi connectivity index (χ1v) is 9.79. The van der Waals surface area contributed by atoms with Gasteiger partial charge in [0.05, 0.1) is 12.5 Å². The zero-order chi connectivity index (χ0) is 19.8. The van der Waals surface area contributed by atoms with Crippen molar-refractivity contribution in [3.63, 3.8) is 0 Å². The number of benzene rings is 2. The van der Waals surface area contributed by atoms with Gasteiger partial charge in [-0.05, 0) is 37.8 Å². The normalized spacial score (nSPS) is 22.1. The van der Waals surface area contributed by atoms with Crippen LogP contribution in [-0.2, 0) is 21.5 Å². The second kappa shape index (κ2) is 6.97. The Morgan fingerprint density at radius 2 is 1.71 bits per heavy atom. The Morgan fingerprint density at radius 1 is 1.04 bits per heavy atom. The van der Waals surface area contributed by atoms with Crippen molar-refractivity contribution in [1.29, 1.82) is 0 Å². The number of hydrogen-bond donors (Lipinski definition) is 1. The predicted octanol–water partition coefficient (Wildman–Crippen LogP) is 3.03. The molecule has 0 radical (unpaired) electrons. The second-order valence-electron chi connectivity index (χ2n) is 7.92. The van der Waals surface area contributed by atoms with Crippen molar-refractivity contribution >= 4 is 11.8 Å². The van der Waals surface area contributed by atoms with Gasteiger partial charge in [0.1, 0.15) is 11.3 Å². The lowest BCUT2D eigenvalue weighted by Gasteiger charge is -2.50. The molecule has 28 heavy (non-hydrogen) atoms. The van der Waals surface area contributed by atoms with E-state index in [1.165, 1.54) is 0 Å². The number of methoxy groups -OCH3 is 1. The monoisotopic (exact) mass is 378 g/mol. The minimum atomic E-state index is -0.788. The van der Waals surface area contributed by atoms with Crippen LogP contribution in [0.5, 0.6) is 5.75 Å². The smallest absolute Gasteiger partial charge is 0.246 e. The van der Waals surface area contributed by atoms with Gasteiger partial charge in [-0.2, -0.15) is 0 Å². The third-order valence-electron chi connectivity index (χ3n) is 6.27. The summed E-state index contributed by atoms with van der Waals surface area (Å²) in [5.41, 5.74) is 0.751. The summed E-state index contributed by atoms with van der Waals surface area (Å²) in [5.74, 6) is 0.720. The van der Waals surface area contributed by atoms with Crippen molar-refractivity contribution in [2.75, 3.05) is 13.7 Å². The van der Waals surface area contributed by atoms with Gasteiger partial charge >= 0.3 is 0 Å². The van der Waals surface area contributed by atoms with Crippen molar-refractivity contribution in [3.8, 4) is 5.75 Å². The molecule has 4 rings (SSSR count). The molecule has 1 heterocycles. The highest BCUT2D eigenvalue weighted by Gasteiger charge is 2.59. The molecule has 2 amide bonds. The fourth-order valence-corrected chi connectivity index (χ4v) is 4.10. The maximum atomic E-state index is 13.3. The van der Waals surface area contributed by atoms with Crippen molar-refractivity contribution in [1.82, 2.24) is 10.2 Å². The molecule has 1 N–H and O–H groups in total. The largest absolute Gasteiger partial charge is 0.496 e. The van der Waals surface area contributed by atoms with E-state index in [1.807, 2.05) is 61.5 Å². The highest BCUT2D eigenvalue weighted by molar-refractivity contribution is 5.98. The summed E-state index contributed by atoms with van der Waals surface area (Å²) in [4.78, 5) is 28.1. The molecule has 2 aromatic carbocycles. The average molecular weight is 378 g/mol. The van der Waals surface area contributed by atoms with E-state index in [2.05, 4.69) is 5.32 Å². The molecular weight excluding hydrogens is 352 g/mol. The Labute approximate surface area is 165 Å². The molecule has 146 valence electrons. The lowest BCUT2D eigenvalue weighted by molar-refractivity contribution is -0.159. The number of para-hydroxylation sites is 1. The maximum absolute atomic E-state index is 13.3. The number of amides is 2. The van der Waals surface area contributed by atoms with Gasteiger partial charge in [0.25, 0.3) is 0 Å².